The van der Waals surface area contributed by atoms with Gasteiger partial charge in [0.1, 0.15) is 11.3 Å². The first kappa shape index (κ1) is 22.2. The number of guanidine groups is 1. The van der Waals surface area contributed by atoms with Gasteiger partial charge in [0.05, 0.1) is 12.1 Å². The van der Waals surface area contributed by atoms with Gasteiger partial charge in [0.15, 0.2) is 5.96 Å². The number of carbonyl (C=O) groups is 1. The molecule has 1 fully saturated rings. The highest BCUT2D eigenvalue weighted by Crippen LogP contribution is 2.33. The number of ether oxygens (including phenoxy) is 2. The Hall–Kier alpha value is -0.770. The van der Waals surface area contributed by atoms with Gasteiger partial charge < -0.3 is 20.1 Å². The molecule has 2 atom stereocenters. The van der Waals surface area contributed by atoms with Gasteiger partial charge in [-0.05, 0) is 41.5 Å². The van der Waals surface area contributed by atoms with E-state index < -0.39 is 11.3 Å². The number of hydrogen-bond donors (Lipinski definition) is 2. The van der Waals surface area contributed by atoms with Crippen LogP contribution in [0.4, 0.5) is 4.79 Å². The van der Waals surface area contributed by atoms with Crippen LogP contribution in [0.2, 0.25) is 0 Å². The summed E-state index contributed by atoms with van der Waals surface area (Å²) in [4.78, 5) is 18.3. The molecule has 0 spiro atoms. The minimum atomic E-state index is -0.711. The number of hydrogen-bond acceptors (Lipinski definition) is 4. The number of nitrogens with one attached hydrogen (secondary N) is 2. The van der Waals surface area contributed by atoms with E-state index in [9.17, 15) is 4.79 Å². The minimum Gasteiger partial charge on any atom is -0.444 e. The average Bonchev–Trinajstić information content (AvgIpc) is 2.57. The van der Waals surface area contributed by atoms with Crippen LogP contribution < -0.4 is 10.6 Å². The van der Waals surface area contributed by atoms with E-state index >= 15 is 0 Å². The predicted molar refractivity (Wildman–Crippen MR) is 102 cm³/mol. The van der Waals surface area contributed by atoms with E-state index in [1.807, 2.05) is 41.5 Å². The van der Waals surface area contributed by atoms with Crippen LogP contribution in [0.5, 0.6) is 0 Å². The highest BCUT2D eigenvalue weighted by atomic mass is 127. The number of aliphatic imine (C=N–C) groups is 1. The molecule has 2 N–H and O–H groups in total. The predicted octanol–water partition coefficient (Wildman–Crippen LogP) is 2.16. The molecule has 0 aromatic heterocycles. The molecule has 1 heterocycles. The fourth-order valence-electron chi connectivity index (χ4n) is 2.60. The van der Waals surface area contributed by atoms with Gasteiger partial charge in [0, 0.05) is 20.6 Å². The van der Waals surface area contributed by atoms with Gasteiger partial charge in [0.2, 0.25) is 0 Å². The molecule has 23 heavy (non-hydrogen) atoms. The van der Waals surface area contributed by atoms with Crippen LogP contribution in [-0.4, -0.2) is 61.1 Å². The Bertz CT molecular complexity index is 435. The third-order valence-corrected chi connectivity index (χ3v) is 3.46. The molecule has 136 valence electrons. The van der Waals surface area contributed by atoms with Crippen LogP contribution in [0.25, 0.3) is 0 Å². The summed E-state index contributed by atoms with van der Waals surface area (Å²) in [6, 6.07) is -0.144. The second-order valence-corrected chi connectivity index (χ2v) is 6.89. The first-order valence-electron chi connectivity index (χ1n) is 7.60. The zero-order valence-electron chi connectivity index (χ0n) is 15.4. The third-order valence-electron chi connectivity index (χ3n) is 3.46. The summed E-state index contributed by atoms with van der Waals surface area (Å²) in [6.45, 7) is 11.8. The Morgan fingerprint density at radius 1 is 1.39 bits per heavy atom. The SMILES string of the molecule is CN=C(NC)NCC1C(C)OC(C)(C)N1C(=O)OC(C)(C)C.I. The summed E-state index contributed by atoms with van der Waals surface area (Å²) >= 11 is 0. The summed E-state index contributed by atoms with van der Waals surface area (Å²) in [6.07, 6.45) is -0.474. The highest BCUT2D eigenvalue weighted by molar-refractivity contribution is 14.0. The quantitative estimate of drug-likeness (QED) is 0.390. The van der Waals surface area contributed by atoms with Gasteiger partial charge in [-0.15, -0.1) is 24.0 Å². The largest absolute Gasteiger partial charge is 0.444 e. The summed E-state index contributed by atoms with van der Waals surface area (Å²) < 4.78 is 11.5. The van der Waals surface area contributed by atoms with Gasteiger partial charge in [-0.3, -0.25) is 9.89 Å². The summed E-state index contributed by atoms with van der Waals surface area (Å²) in [5.41, 5.74) is -1.25. The Balaban J connectivity index is 0.00000484. The van der Waals surface area contributed by atoms with Gasteiger partial charge in [-0.1, -0.05) is 0 Å². The molecule has 1 aliphatic heterocycles. The molecule has 0 aromatic carbocycles. The normalized spacial score (nSPS) is 24.0. The smallest absolute Gasteiger partial charge is 0.412 e. The molecule has 1 aliphatic rings. The lowest BCUT2D eigenvalue weighted by atomic mass is 10.1. The Morgan fingerprint density at radius 2 is 1.96 bits per heavy atom. The Labute approximate surface area is 156 Å². The summed E-state index contributed by atoms with van der Waals surface area (Å²) in [5, 5.41) is 6.14. The lowest BCUT2D eigenvalue weighted by Crippen LogP contribution is -2.54. The van der Waals surface area contributed by atoms with Crippen molar-refractivity contribution in [2.45, 2.75) is 65.0 Å². The van der Waals surface area contributed by atoms with Crippen molar-refractivity contribution < 1.29 is 14.3 Å². The lowest BCUT2D eigenvalue weighted by molar-refractivity contribution is -0.0755. The van der Waals surface area contributed by atoms with Crippen LogP contribution >= 0.6 is 24.0 Å². The Morgan fingerprint density at radius 3 is 2.39 bits per heavy atom. The first-order chi connectivity index (χ1) is 10.0. The molecule has 1 rings (SSSR count). The van der Waals surface area contributed by atoms with E-state index in [0.29, 0.717) is 12.5 Å². The fourth-order valence-corrected chi connectivity index (χ4v) is 2.60. The van der Waals surface area contributed by atoms with E-state index in [2.05, 4.69) is 15.6 Å². The van der Waals surface area contributed by atoms with Gasteiger partial charge in [-0.25, -0.2) is 4.79 Å². The van der Waals surface area contributed by atoms with Crippen molar-refractivity contribution in [1.82, 2.24) is 15.5 Å². The van der Waals surface area contributed by atoms with Crippen molar-refractivity contribution in [2.24, 2.45) is 4.99 Å². The van der Waals surface area contributed by atoms with Crippen molar-refractivity contribution in [3.05, 3.63) is 0 Å². The van der Waals surface area contributed by atoms with Gasteiger partial charge in [0.25, 0.3) is 0 Å². The van der Waals surface area contributed by atoms with Crippen LogP contribution in [0.3, 0.4) is 0 Å². The zero-order valence-corrected chi connectivity index (χ0v) is 17.7. The molecular weight excluding hydrogens is 411 g/mol. The van der Waals surface area contributed by atoms with E-state index in [0.717, 1.165) is 0 Å². The van der Waals surface area contributed by atoms with E-state index in [1.54, 1.807) is 19.0 Å². The molecule has 2 unspecified atom stereocenters. The summed E-state index contributed by atoms with van der Waals surface area (Å²) in [7, 11) is 3.49. The molecule has 1 saturated heterocycles. The topological polar surface area (TPSA) is 75.2 Å². The van der Waals surface area contributed by atoms with E-state index in [1.165, 1.54) is 0 Å². The molecule has 0 aliphatic carbocycles. The van der Waals surface area contributed by atoms with Crippen LogP contribution in [0.1, 0.15) is 41.5 Å². The molecule has 0 aromatic rings. The summed E-state index contributed by atoms with van der Waals surface area (Å²) in [5.74, 6) is 0.668. The van der Waals surface area contributed by atoms with Crippen molar-refractivity contribution >= 4 is 36.0 Å². The second kappa shape index (κ2) is 8.36. The maximum absolute atomic E-state index is 12.6. The molecule has 0 radical (unpaired) electrons. The third kappa shape index (κ3) is 5.98. The van der Waals surface area contributed by atoms with Crippen LogP contribution in [0.15, 0.2) is 4.99 Å². The standard InChI is InChI=1S/C15H30N4O3.HI/c1-10-11(9-18-12(16-7)17-8)19(15(5,6)21-10)13(20)22-14(2,3)4;/h10-11H,9H2,1-8H3,(H2,16,17,18);1H. The van der Waals surface area contributed by atoms with Crippen LogP contribution in [0, 0.1) is 0 Å². The van der Waals surface area contributed by atoms with Gasteiger partial charge in [-0.2, -0.15) is 0 Å². The number of halogens is 1. The molecule has 1 amide bonds. The molecule has 0 saturated carbocycles. The molecule has 8 heteroatoms. The number of carbonyl (C=O) groups excluding carboxylic acids is 1. The minimum absolute atomic E-state index is 0. The monoisotopic (exact) mass is 442 g/mol. The van der Waals surface area contributed by atoms with Crippen molar-refractivity contribution in [2.75, 3.05) is 20.6 Å². The van der Waals surface area contributed by atoms with Crippen LogP contribution in [-0.2, 0) is 9.47 Å². The van der Waals surface area contributed by atoms with Crippen molar-refractivity contribution in [3.63, 3.8) is 0 Å². The average molecular weight is 442 g/mol. The van der Waals surface area contributed by atoms with Crippen molar-refractivity contribution in [1.29, 1.82) is 0 Å². The fraction of sp³-hybridized carbons (Fsp3) is 0.867. The number of amides is 1. The van der Waals surface area contributed by atoms with Gasteiger partial charge >= 0.3 is 6.09 Å². The molecular formula is C15H31IN4O3. The van der Waals surface area contributed by atoms with Crippen molar-refractivity contribution in [3.8, 4) is 0 Å². The number of nitrogens with zero attached hydrogens (tertiary/aromatic N) is 2. The van der Waals surface area contributed by atoms with E-state index in [-0.39, 0.29) is 42.2 Å². The number of rotatable bonds is 2. The second-order valence-electron chi connectivity index (χ2n) is 6.89. The zero-order chi connectivity index (χ0) is 17.1. The first-order valence-corrected chi connectivity index (χ1v) is 7.60. The maximum atomic E-state index is 12.6. The Kier molecular flexibility index (Phi) is 8.08. The highest BCUT2D eigenvalue weighted by Gasteiger charge is 2.49. The maximum Gasteiger partial charge on any atom is 0.412 e. The molecule has 7 nitrogen and oxygen atoms in total. The molecule has 0 bridgehead atoms. The van der Waals surface area contributed by atoms with E-state index in [4.69, 9.17) is 9.47 Å². The lowest BCUT2D eigenvalue weighted by Gasteiger charge is -2.35.